The van der Waals surface area contributed by atoms with Gasteiger partial charge in [-0.3, -0.25) is 14.4 Å². The predicted molar refractivity (Wildman–Crippen MR) is 143 cm³/mol. The first-order chi connectivity index (χ1) is 18.4. The molecule has 1 N–H and O–H groups in total. The first-order valence-electron chi connectivity index (χ1n) is 12.4. The first-order valence-corrected chi connectivity index (χ1v) is 12.4. The van der Waals surface area contributed by atoms with Crippen LogP contribution in [0.1, 0.15) is 15.9 Å². The molecule has 0 atom stereocenters. The zero-order valence-corrected chi connectivity index (χ0v) is 21.3. The second kappa shape index (κ2) is 12.8. The van der Waals surface area contributed by atoms with E-state index in [0.29, 0.717) is 38.4 Å². The topological polar surface area (TPSA) is 82.2 Å². The zero-order chi connectivity index (χ0) is 26.9. The Morgan fingerprint density at radius 3 is 2.21 bits per heavy atom. The van der Waals surface area contributed by atoms with E-state index in [1.165, 1.54) is 24.1 Å². The molecule has 0 spiro atoms. The van der Waals surface area contributed by atoms with Gasteiger partial charge in [-0.05, 0) is 42.0 Å². The Kier molecular flexibility index (Phi) is 9.05. The number of carbonyl (C=O) groups is 3. The van der Waals surface area contributed by atoms with Gasteiger partial charge in [-0.2, -0.15) is 0 Å². The molecule has 1 saturated heterocycles. The Morgan fingerprint density at radius 2 is 1.55 bits per heavy atom. The molecule has 3 amide bonds. The summed E-state index contributed by atoms with van der Waals surface area (Å²) in [6, 6.07) is 22.9. The summed E-state index contributed by atoms with van der Waals surface area (Å²) in [5.74, 6) is -1.39. The average Bonchev–Trinajstić information content (AvgIpc) is 2.94. The molecular formula is C29H31FN4O4. The fourth-order valence-electron chi connectivity index (χ4n) is 4.35. The van der Waals surface area contributed by atoms with E-state index in [9.17, 15) is 18.8 Å². The standard InChI is InChI=1S/C29H31FN4O4/c1-38-21-28(36)34(19-22-7-3-2-4-8-22)20-27(35)31-23-11-13-24(14-12-23)32-15-17-33(18-16-32)29(37)25-9-5-6-10-26(25)30/h2-14H,15-21H2,1H3,(H,31,35). The second-order valence-electron chi connectivity index (χ2n) is 9.02. The van der Waals surface area contributed by atoms with Crippen molar-refractivity contribution < 1.29 is 23.5 Å². The highest BCUT2D eigenvalue weighted by molar-refractivity contribution is 5.95. The quantitative estimate of drug-likeness (QED) is 0.470. The molecule has 1 aliphatic heterocycles. The summed E-state index contributed by atoms with van der Waals surface area (Å²) in [5.41, 5.74) is 2.59. The molecule has 1 aliphatic rings. The molecule has 198 valence electrons. The van der Waals surface area contributed by atoms with E-state index in [-0.39, 0.29) is 36.4 Å². The molecule has 0 saturated carbocycles. The largest absolute Gasteiger partial charge is 0.375 e. The van der Waals surface area contributed by atoms with E-state index < -0.39 is 5.82 Å². The van der Waals surface area contributed by atoms with Crippen molar-refractivity contribution in [3.05, 3.63) is 95.8 Å². The molecule has 38 heavy (non-hydrogen) atoms. The highest BCUT2D eigenvalue weighted by Gasteiger charge is 2.24. The fourth-order valence-corrected chi connectivity index (χ4v) is 4.35. The maximum absolute atomic E-state index is 14.0. The van der Waals surface area contributed by atoms with E-state index in [1.54, 1.807) is 17.0 Å². The zero-order valence-electron chi connectivity index (χ0n) is 21.3. The first kappa shape index (κ1) is 26.8. The average molecular weight is 519 g/mol. The van der Waals surface area contributed by atoms with E-state index in [0.717, 1.165) is 11.3 Å². The van der Waals surface area contributed by atoms with Crippen molar-refractivity contribution in [3.63, 3.8) is 0 Å². The summed E-state index contributed by atoms with van der Waals surface area (Å²) < 4.78 is 19.0. The number of amides is 3. The van der Waals surface area contributed by atoms with Crippen LogP contribution in [-0.2, 0) is 20.9 Å². The molecule has 0 unspecified atom stereocenters. The van der Waals surface area contributed by atoms with Gasteiger partial charge in [0, 0.05) is 51.2 Å². The van der Waals surface area contributed by atoms with Crippen LogP contribution in [0.5, 0.6) is 0 Å². The summed E-state index contributed by atoms with van der Waals surface area (Å²) in [7, 11) is 1.45. The molecule has 3 aromatic rings. The number of hydrogen-bond donors (Lipinski definition) is 1. The number of halogens is 1. The van der Waals surface area contributed by atoms with Crippen molar-refractivity contribution in [3.8, 4) is 0 Å². The van der Waals surface area contributed by atoms with Gasteiger partial charge in [-0.25, -0.2) is 4.39 Å². The third-order valence-corrected chi connectivity index (χ3v) is 6.36. The van der Waals surface area contributed by atoms with Crippen LogP contribution in [0.15, 0.2) is 78.9 Å². The van der Waals surface area contributed by atoms with Crippen LogP contribution >= 0.6 is 0 Å². The number of carbonyl (C=O) groups excluding carboxylic acids is 3. The highest BCUT2D eigenvalue weighted by Crippen LogP contribution is 2.21. The lowest BCUT2D eigenvalue weighted by molar-refractivity contribution is -0.138. The molecule has 1 fully saturated rings. The molecular weight excluding hydrogens is 487 g/mol. The number of rotatable bonds is 9. The Hall–Kier alpha value is -4.24. The van der Waals surface area contributed by atoms with Gasteiger partial charge in [0.05, 0.1) is 5.56 Å². The normalized spacial score (nSPS) is 13.2. The Bertz CT molecular complexity index is 1240. The third-order valence-electron chi connectivity index (χ3n) is 6.36. The van der Waals surface area contributed by atoms with Gasteiger partial charge >= 0.3 is 0 Å². The van der Waals surface area contributed by atoms with Crippen molar-refractivity contribution in [1.29, 1.82) is 0 Å². The van der Waals surface area contributed by atoms with Gasteiger partial charge in [0.1, 0.15) is 19.0 Å². The molecule has 0 bridgehead atoms. The van der Waals surface area contributed by atoms with Crippen LogP contribution in [0.25, 0.3) is 0 Å². The van der Waals surface area contributed by atoms with E-state index in [1.807, 2.05) is 54.6 Å². The number of benzene rings is 3. The van der Waals surface area contributed by atoms with Crippen molar-refractivity contribution >= 4 is 29.1 Å². The fraction of sp³-hybridized carbons (Fsp3) is 0.276. The van der Waals surface area contributed by atoms with E-state index in [2.05, 4.69) is 10.2 Å². The minimum atomic E-state index is -0.510. The van der Waals surface area contributed by atoms with E-state index >= 15 is 0 Å². The Balaban J connectivity index is 1.30. The van der Waals surface area contributed by atoms with Gasteiger partial charge in [0.15, 0.2) is 0 Å². The number of ether oxygens (including phenoxy) is 1. The van der Waals surface area contributed by atoms with Crippen molar-refractivity contribution in [2.75, 3.05) is 56.7 Å². The summed E-state index contributed by atoms with van der Waals surface area (Å²) in [4.78, 5) is 43.1. The number of nitrogens with one attached hydrogen (secondary N) is 1. The third kappa shape index (κ3) is 6.95. The van der Waals surface area contributed by atoms with Gasteiger partial charge in [0.25, 0.3) is 5.91 Å². The molecule has 4 rings (SSSR count). The van der Waals surface area contributed by atoms with Gasteiger partial charge in [-0.1, -0.05) is 42.5 Å². The Labute approximate surface area is 221 Å². The molecule has 3 aromatic carbocycles. The molecule has 1 heterocycles. The lowest BCUT2D eigenvalue weighted by Gasteiger charge is -2.36. The minimum Gasteiger partial charge on any atom is -0.375 e. The van der Waals surface area contributed by atoms with E-state index in [4.69, 9.17) is 4.74 Å². The van der Waals surface area contributed by atoms with Gasteiger partial charge in [0.2, 0.25) is 11.8 Å². The van der Waals surface area contributed by atoms with Crippen LogP contribution in [0, 0.1) is 5.82 Å². The Morgan fingerprint density at radius 1 is 0.895 bits per heavy atom. The van der Waals surface area contributed by atoms with Crippen LogP contribution < -0.4 is 10.2 Å². The molecule has 9 heteroatoms. The lowest BCUT2D eigenvalue weighted by atomic mass is 10.1. The monoisotopic (exact) mass is 518 g/mol. The summed E-state index contributed by atoms with van der Waals surface area (Å²) >= 11 is 0. The summed E-state index contributed by atoms with van der Waals surface area (Å²) in [6.07, 6.45) is 0. The maximum atomic E-state index is 14.0. The van der Waals surface area contributed by atoms with Crippen molar-refractivity contribution in [2.45, 2.75) is 6.54 Å². The van der Waals surface area contributed by atoms with Gasteiger partial charge in [-0.15, -0.1) is 0 Å². The number of piperazine rings is 1. The van der Waals surface area contributed by atoms with Crippen LogP contribution in [-0.4, -0.2) is 74.0 Å². The molecule has 0 radical (unpaired) electrons. The molecule has 0 aromatic heterocycles. The summed E-state index contributed by atoms with van der Waals surface area (Å²) in [5, 5.41) is 2.85. The highest BCUT2D eigenvalue weighted by atomic mass is 19.1. The maximum Gasteiger partial charge on any atom is 0.256 e. The number of nitrogens with zero attached hydrogens (tertiary/aromatic N) is 3. The molecule has 0 aliphatic carbocycles. The number of anilines is 2. The van der Waals surface area contributed by atoms with Crippen molar-refractivity contribution in [1.82, 2.24) is 9.80 Å². The smallest absolute Gasteiger partial charge is 0.256 e. The lowest BCUT2D eigenvalue weighted by Crippen LogP contribution is -2.49. The van der Waals surface area contributed by atoms with Gasteiger partial charge < -0.3 is 24.8 Å². The number of hydrogen-bond acceptors (Lipinski definition) is 5. The van der Waals surface area contributed by atoms with Crippen molar-refractivity contribution in [2.24, 2.45) is 0 Å². The minimum absolute atomic E-state index is 0.0901. The SMILES string of the molecule is COCC(=O)N(CC(=O)Nc1ccc(N2CCN(C(=O)c3ccccc3F)CC2)cc1)Cc1ccccc1. The molecule has 8 nitrogen and oxygen atoms in total. The van der Waals surface area contributed by atoms with Crippen LogP contribution in [0.3, 0.4) is 0 Å². The van der Waals surface area contributed by atoms with Crippen LogP contribution in [0.2, 0.25) is 0 Å². The van der Waals surface area contributed by atoms with Crippen LogP contribution in [0.4, 0.5) is 15.8 Å². The second-order valence-corrected chi connectivity index (χ2v) is 9.02. The number of methoxy groups -OCH3 is 1. The summed E-state index contributed by atoms with van der Waals surface area (Å²) in [6.45, 7) is 2.30. The predicted octanol–water partition coefficient (Wildman–Crippen LogP) is 3.40.